The van der Waals surface area contributed by atoms with Crippen LogP contribution in [0, 0.1) is 0 Å². The van der Waals surface area contributed by atoms with Crippen LogP contribution < -0.4 is 14.2 Å². The van der Waals surface area contributed by atoms with Crippen molar-refractivity contribution in [3.8, 4) is 23.5 Å². The van der Waals surface area contributed by atoms with Crippen molar-refractivity contribution in [3.05, 3.63) is 35.9 Å². The molecule has 0 saturated heterocycles. The van der Waals surface area contributed by atoms with E-state index in [9.17, 15) is 0 Å². The Morgan fingerprint density at radius 1 is 1.00 bits per heavy atom. The molecule has 0 aliphatic rings. The van der Waals surface area contributed by atoms with Gasteiger partial charge in [0, 0.05) is 11.8 Å². The number of nitrogens with zero attached hydrogens (tertiary/aromatic N) is 3. The molecular formula is C17H21N3O3. The molecule has 122 valence electrons. The highest BCUT2D eigenvalue weighted by Gasteiger charge is 2.11. The largest absolute Gasteiger partial charge is 0.481 e. The van der Waals surface area contributed by atoms with Crippen LogP contribution in [0.1, 0.15) is 26.3 Å². The lowest BCUT2D eigenvalue weighted by molar-refractivity contribution is 0.348. The van der Waals surface area contributed by atoms with Crippen LogP contribution >= 0.6 is 0 Å². The SMILES string of the molecule is COc1cc(OC)nc(Oc2ccccc2/C=N\C(C)(C)C)n1. The van der Waals surface area contributed by atoms with Gasteiger partial charge in [0.2, 0.25) is 11.8 Å². The van der Waals surface area contributed by atoms with Crippen molar-refractivity contribution < 1.29 is 14.2 Å². The number of para-hydroxylation sites is 1. The van der Waals surface area contributed by atoms with Gasteiger partial charge in [0.05, 0.1) is 25.8 Å². The van der Waals surface area contributed by atoms with Gasteiger partial charge in [0.25, 0.3) is 0 Å². The van der Waals surface area contributed by atoms with Crippen molar-refractivity contribution in [2.24, 2.45) is 4.99 Å². The van der Waals surface area contributed by atoms with Gasteiger partial charge in [0.15, 0.2) is 0 Å². The zero-order chi connectivity index (χ0) is 16.9. The second-order valence-electron chi connectivity index (χ2n) is 5.80. The van der Waals surface area contributed by atoms with Crippen LogP contribution in [0.4, 0.5) is 0 Å². The summed E-state index contributed by atoms with van der Waals surface area (Å²) in [6, 6.07) is 9.28. The summed E-state index contributed by atoms with van der Waals surface area (Å²) in [6.45, 7) is 6.09. The second kappa shape index (κ2) is 7.09. The molecule has 0 bridgehead atoms. The number of methoxy groups -OCH3 is 2. The van der Waals surface area contributed by atoms with E-state index in [1.165, 1.54) is 14.2 Å². The average Bonchev–Trinajstić information content (AvgIpc) is 2.53. The summed E-state index contributed by atoms with van der Waals surface area (Å²) < 4.78 is 16.0. The van der Waals surface area contributed by atoms with Gasteiger partial charge in [-0.25, -0.2) is 0 Å². The number of ether oxygens (including phenoxy) is 3. The summed E-state index contributed by atoms with van der Waals surface area (Å²) in [4.78, 5) is 12.8. The number of hydrogen-bond donors (Lipinski definition) is 0. The van der Waals surface area contributed by atoms with Crippen LogP contribution in [-0.4, -0.2) is 35.9 Å². The molecule has 0 aliphatic heterocycles. The third-order valence-corrected chi connectivity index (χ3v) is 2.79. The first-order chi connectivity index (χ1) is 10.9. The summed E-state index contributed by atoms with van der Waals surface area (Å²) in [5.74, 6) is 1.34. The van der Waals surface area contributed by atoms with Crippen molar-refractivity contribution in [1.82, 2.24) is 9.97 Å². The van der Waals surface area contributed by atoms with Crippen molar-refractivity contribution in [1.29, 1.82) is 0 Å². The van der Waals surface area contributed by atoms with Gasteiger partial charge in [0.1, 0.15) is 5.75 Å². The Labute approximate surface area is 136 Å². The van der Waals surface area contributed by atoms with Gasteiger partial charge >= 0.3 is 6.01 Å². The Morgan fingerprint density at radius 3 is 2.17 bits per heavy atom. The summed E-state index contributed by atoms with van der Waals surface area (Å²) in [7, 11) is 3.05. The van der Waals surface area contributed by atoms with E-state index < -0.39 is 0 Å². The molecule has 0 unspecified atom stereocenters. The molecule has 1 aromatic heterocycles. The number of aromatic nitrogens is 2. The fourth-order valence-corrected chi connectivity index (χ4v) is 1.68. The van der Waals surface area contributed by atoms with Gasteiger partial charge in [-0.15, -0.1) is 0 Å². The molecular weight excluding hydrogens is 294 g/mol. The Hall–Kier alpha value is -2.63. The maximum atomic E-state index is 5.79. The van der Waals surface area contributed by atoms with Crippen LogP contribution in [0.25, 0.3) is 0 Å². The van der Waals surface area contributed by atoms with Crippen LogP contribution in [-0.2, 0) is 0 Å². The molecule has 0 aliphatic carbocycles. The maximum absolute atomic E-state index is 5.79. The van der Waals surface area contributed by atoms with Crippen molar-refractivity contribution in [2.75, 3.05) is 14.2 Å². The smallest absolute Gasteiger partial charge is 0.328 e. The summed E-state index contributed by atoms with van der Waals surface area (Å²) in [5.41, 5.74) is 0.677. The Morgan fingerprint density at radius 2 is 1.61 bits per heavy atom. The second-order valence-corrected chi connectivity index (χ2v) is 5.80. The average molecular weight is 315 g/mol. The first kappa shape index (κ1) is 16.7. The molecule has 23 heavy (non-hydrogen) atoms. The molecule has 6 heteroatoms. The minimum atomic E-state index is -0.164. The van der Waals surface area contributed by atoms with Gasteiger partial charge < -0.3 is 14.2 Å². The summed E-state index contributed by atoms with van der Waals surface area (Å²) in [5, 5.41) is 0. The highest BCUT2D eigenvalue weighted by atomic mass is 16.5. The summed E-state index contributed by atoms with van der Waals surface area (Å²) >= 11 is 0. The van der Waals surface area contributed by atoms with E-state index in [4.69, 9.17) is 14.2 Å². The third-order valence-electron chi connectivity index (χ3n) is 2.79. The monoisotopic (exact) mass is 315 g/mol. The lowest BCUT2D eigenvalue weighted by Crippen LogP contribution is -2.09. The van der Waals surface area contributed by atoms with E-state index in [1.54, 1.807) is 12.3 Å². The van der Waals surface area contributed by atoms with Gasteiger partial charge in [-0.1, -0.05) is 12.1 Å². The number of aliphatic imine (C=N–C) groups is 1. The fourth-order valence-electron chi connectivity index (χ4n) is 1.68. The van der Waals surface area contributed by atoms with Crippen LogP contribution in [0.2, 0.25) is 0 Å². The lowest BCUT2D eigenvalue weighted by Gasteiger charge is -2.12. The predicted molar refractivity (Wildman–Crippen MR) is 89.0 cm³/mol. The zero-order valence-corrected chi connectivity index (χ0v) is 14.0. The molecule has 0 fully saturated rings. The van der Waals surface area contributed by atoms with Crippen molar-refractivity contribution in [3.63, 3.8) is 0 Å². The normalized spacial score (nSPS) is 11.5. The molecule has 2 rings (SSSR count). The molecule has 0 amide bonds. The van der Waals surface area contributed by atoms with E-state index in [1.807, 2.05) is 45.0 Å². The minimum absolute atomic E-state index is 0.151. The standard InChI is InChI=1S/C17H21N3O3/c1-17(2,3)18-11-12-8-6-7-9-13(12)23-16-19-14(21-4)10-15(20-16)22-5/h6-11H,1-5H3/b18-11-. The molecule has 0 radical (unpaired) electrons. The molecule has 0 N–H and O–H groups in total. The first-order valence-electron chi connectivity index (χ1n) is 7.20. The van der Waals surface area contributed by atoms with E-state index in [0.29, 0.717) is 17.5 Å². The molecule has 0 saturated carbocycles. The first-order valence-corrected chi connectivity index (χ1v) is 7.20. The molecule has 0 spiro atoms. The molecule has 2 aromatic rings. The molecule has 6 nitrogen and oxygen atoms in total. The quantitative estimate of drug-likeness (QED) is 0.790. The Kier molecular flexibility index (Phi) is 5.16. The molecule has 1 aromatic carbocycles. The Bertz CT molecular complexity index is 671. The Balaban J connectivity index is 2.32. The van der Waals surface area contributed by atoms with Gasteiger partial charge in [-0.2, -0.15) is 9.97 Å². The molecule has 0 atom stereocenters. The van der Waals surface area contributed by atoms with Crippen molar-refractivity contribution >= 4 is 6.21 Å². The predicted octanol–water partition coefficient (Wildman–Crippen LogP) is 3.50. The third kappa shape index (κ3) is 4.95. The minimum Gasteiger partial charge on any atom is -0.481 e. The highest BCUT2D eigenvalue weighted by molar-refractivity contribution is 5.83. The van der Waals surface area contributed by atoms with Gasteiger partial charge in [-0.3, -0.25) is 4.99 Å². The van der Waals surface area contributed by atoms with E-state index in [-0.39, 0.29) is 11.5 Å². The zero-order valence-electron chi connectivity index (χ0n) is 14.0. The number of hydrogen-bond acceptors (Lipinski definition) is 6. The van der Waals surface area contributed by atoms with Crippen LogP contribution in [0.15, 0.2) is 35.3 Å². The van der Waals surface area contributed by atoms with Crippen molar-refractivity contribution in [2.45, 2.75) is 26.3 Å². The van der Waals surface area contributed by atoms with E-state index >= 15 is 0 Å². The number of rotatable bonds is 5. The van der Waals surface area contributed by atoms with Gasteiger partial charge in [-0.05, 0) is 32.9 Å². The highest BCUT2D eigenvalue weighted by Crippen LogP contribution is 2.25. The fraction of sp³-hybridized carbons (Fsp3) is 0.353. The van der Waals surface area contributed by atoms with E-state index in [0.717, 1.165) is 5.56 Å². The van der Waals surface area contributed by atoms with E-state index in [2.05, 4.69) is 15.0 Å². The topological polar surface area (TPSA) is 65.8 Å². The van der Waals surface area contributed by atoms with Crippen LogP contribution in [0.5, 0.6) is 23.5 Å². The molecule has 1 heterocycles. The van der Waals surface area contributed by atoms with Crippen LogP contribution in [0.3, 0.4) is 0 Å². The maximum Gasteiger partial charge on any atom is 0.328 e. The number of benzene rings is 1. The summed E-state index contributed by atoms with van der Waals surface area (Å²) in [6.07, 6.45) is 1.78. The lowest BCUT2D eigenvalue weighted by atomic mass is 10.1.